The topological polar surface area (TPSA) is 75.6 Å². The molecule has 0 saturated carbocycles. The van der Waals surface area contributed by atoms with E-state index in [1.807, 2.05) is 20.8 Å². The zero-order valence-electron chi connectivity index (χ0n) is 10.6. The standard InChI is InChI=1S/C9H22O7Si/c1-4-7-11-14-17(10,15-12-8-5-2)16-13-9-6-3/h10H,4-9H2,1-3H3. The van der Waals surface area contributed by atoms with Gasteiger partial charge in [-0.15, -0.1) is 0 Å². The third kappa shape index (κ3) is 9.62. The maximum Gasteiger partial charge on any atom is 0.761 e. The van der Waals surface area contributed by atoms with Gasteiger partial charge in [0, 0.05) is 0 Å². The van der Waals surface area contributed by atoms with Gasteiger partial charge in [-0.25, -0.2) is 14.7 Å². The van der Waals surface area contributed by atoms with Crippen molar-refractivity contribution in [1.82, 2.24) is 0 Å². The minimum Gasteiger partial charge on any atom is -0.363 e. The molecule has 0 atom stereocenters. The fraction of sp³-hybridized carbons (Fsp3) is 1.00. The first-order valence-corrected chi connectivity index (χ1v) is 7.50. The molecule has 7 nitrogen and oxygen atoms in total. The molecule has 0 heterocycles. The van der Waals surface area contributed by atoms with Crippen molar-refractivity contribution in [2.75, 3.05) is 19.8 Å². The maximum absolute atomic E-state index is 9.79. The lowest BCUT2D eigenvalue weighted by molar-refractivity contribution is -0.384. The Labute approximate surface area is 103 Å². The molecule has 0 aromatic carbocycles. The maximum atomic E-state index is 9.79. The Hall–Kier alpha value is -0.0631. The molecule has 0 spiro atoms. The predicted octanol–water partition coefficient (Wildman–Crippen LogP) is 1.49. The molecule has 17 heavy (non-hydrogen) atoms. The first kappa shape index (κ1) is 16.9. The van der Waals surface area contributed by atoms with Crippen molar-refractivity contribution in [2.45, 2.75) is 40.0 Å². The average molecular weight is 270 g/mol. The largest absolute Gasteiger partial charge is 0.761 e. The third-order valence-corrected chi connectivity index (χ3v) is 2.34. The first-order valence-electron chi connectivity index (χ1n) is 5.82. The van der Waals surface area contributed by atoms with Gasteiger partial charge in [-0.1, -0.05) is 20.8 Å². The summed E-state index contributed by atoms with van der Waals surface area (Å²) >= 11 is 0. The first-order chi connectivity index (χ1) is 8.18. The summed E-state index contributed by atoms with van der Waals surface area (Å²) in [4.78, 5) is 23.9. The Balaban J connectivity index is 3.95. The highest BCUT2D eigenvalue weighted by atomic mass is 28.4. The van der Waals surface area contributed by atoms with Crippen molar-refractivity contribution in [3.8, 4) is 0 Å². The van der Waals surface area contributed by atoms with Gasteiger partial charge in [-0.05, 0) is 19.3 Å². The fourth-order valence-corrected chi connectivity index (χ4v) is 1.42. The lowest BCUT2D eigenvalue weighted by Gasteiger charge is -2.18. The van der Waals surface area contributed by atoms with Crippen LogP contribution >= 0.6 is 0 Å². The molecule has 0 aliphatic carbocycles. The summed E-state index contributed by atoms with van der Waals surface area (Å²) in [5.41, 5.74) is 0. The lowest BCUT2D eigenvalue weighted by atomic mass is 10.5. The summed E-state index contributed by atoms with van der Waals surface area (Å²) in [6.07, 6.45) is 2.20. The van der Waals surface area contributed by atoms with Gasteiger partial charge in [0.15, 0.2) is 0 Å². The van der Waals surface area contributed by atoms with Crippen molar-refractivity contribution in [2.24, 2.45) is 0 Å². The van der Waals surface area contributed by atoms with Gasteiger partial charge in [0.2, 0.25) is 0 Å². The van der Waals surface area contributed by atoms with E-state index in [0.29, 0.717) is 19.8 Å². The average Bonchev–Trinajstić information content (AvgIpc) is 2.30. The minimum atomic E-state index is -4.03. The van der Waals surface area contributed by atoms with E-state index in [0.717, 1.165) is 19.3 Å². The lowest BCUT2D eigenvalue weighted by Crippen LogP contribution is -2.46. The smallest absolute Gasteiger partial charge is 0.363 e. The SMILES string of the molecule is CCCOO[Si](O)(OOCCC)OOCCC. The molecule has 0 fully saturated rings. The molecule has 0 bridgehead atoms. The molecule has 0 saturated heterocycles. The number of rotatable bonds is 12. The summed E-state index contributed by atoms with van der Waals surface area (Å²) < 4.78 is 14.0. The monoisotopic (exact) mass is 270 g/mol. The Bertz CT molecular complexity index is 143. The van der Waals surface area contributed by atoms with E-state index in [9.17, 15) is 4.80 Å². The Morgan fingerprint density at radius 3 is 1.24 bits per heavy atom. The van der Waals surface area contributed by atoms with Crippen LogP contribution in [0.1, 0.15) is 40.0 Å². The molecule has 0 radical (unpaired) electrons. The van der Waals surface area contributed by atoms with Crippen LogP contribution in [0.5, 0.6) is 0 Å². The van der Waals surface area contributed by atoms with Gasteiger partial charge in [-0.3, -0.25) is 0 Å². The van der Waals surface area contributed by atoms with E-state index in [1.54, 1.807) is 0 Å². The minimum absolute atomic E-state index is 0.309. The van der Waals surface area contributed by atoms with Gasteiger partial charge in [0.25, 0.3) is 0 Å². The molecule has 0 aromatic rings. The van der Waals surface area contributed by atoms with Crippen molar-refractivity contribution in [1.29, 1.82) is 0 Å². The van der Waals surface area contributed by atoms with Crippen molar-refractivity contribution >= 4 is 9.05 Å². The second kappa shape index (κ2) is 11.1. The van der Waals surface area contributed by atoms with Gasteiger partial charge in [0.05, 0.1) is 19.8 Å². The molecule has 0 aliphatic rings. The molecule has 0 unspecified atom stereocenters. The molecule has 8 heteroatoms. The van der Waals surface area contributed by atoms with Gasteiger partial charge >= 0.3 is 9.05 Å². The number of hydrogen-bond acceptors (Lipinski definition) is 7. The van der Waals surface area contributed by atoms with Gasteiger partial charge in [0.1, 0.15) is 0 Å². The quantitative estimate of drug-likeness (QED) is 0.249. The van der Waals surface area contributed by atoms with Gasteiger partial charge < -0.3 is 4.80 Å². The zero-order chi connectivity index (χ0) is 13.0. The highest BCUT2D eigenvalue weighted by Gasteiger charge is 2.48. The second-order valence-electron chi connectivity index (χ2n) is 3.24. The predicted molar refractivity (Wildman–Crippen MR) is 60.0 cm³/mol. The molecule has 0 rings (SSSR count). The molecule has 104 valence electrons. The summed E-state index contributed by atoms with van der Waals surface area (Å²) in [7, 11) is -4.03. The Morgan fingerprint density at radius 1 is 0.706 bits per heavy atom. The third-order valence-electron chi connectivity index (χ3n) is 1.36. The van der Waals surface area contributed by atoms with Gasteiger partial charge in [-0.2, -0.15) is 13.7 Å². The van der Waals surface area contributed by atoms with E-state index in [4.69, 9.17) is 14.7 Å². The van der Waals surface area contributed by atoms with Crippen LogP contribution in [-0.4, -0.2) is 33.7 Å². The number of hydrogen-bond donors (Lipinski definition) is 1. The van der Waals surface area contributed by atoms with E-state index < -0.39 is 9.05 Å². The molecule has 0 aliphatic heterocycles. The van der Waals surface area contributed by atoms with Crippen molar-refractivity contribution in [3.05, 3.63) is 0 Å². The van der Waals surface area contributed by atoms with E-state index in [1.165, 1.54) is 0 Å². The molecular formula is C9H22O7Si. The van der Waals surface area contributed by atoms with Crippen LogP contribution < -0.4 is 0 Å². The molecule has 0 amide bonds. The van der Waals surface area contributed by atoms with E-state index in [2.05, 4.69) is 13.7 Å². The van der Waals surface area contributed by atoms with Crippen LogP contribution in [0.2, 0.25) is 0 Å². The second-order valence-corrected chi connectivity index (χ2v) is 4.79. The highest BCUT2D eigenvalue weighted by Crippen LogP contribution is 2.08. The molecule has 1 N–H and O–H groups in total. The summed E-state index contributed by atoms with van der Waals surface area (Å²) in [6.45, 7) is 6.61. The van der Waals surface area contributed by atoms with E-state index in [-0.39, 0.29) is 0 Å². The van der Waals surface area contributed by atoms with Crippen LogP contribution in [-0.2, 0) is 28.4 Å². The van der Waals surface area contributed by atoms with Crippen LogP contribution in [0.4, 0.5) is 0 Å². The van der Waals surface area contributed by atoms with Crippen LogP contribution in [0.15, 0.2) is 0 Å². The van der Waals surface area contributed by atoms with E-state index >= 15 is 0 Å². The molecular weight excluding hydrogens is 248 g/mol. The fourth-order valence-electron chi connectivity index (χ4n) is 0.640. The summed E-state index contributed by atoms with van der Waals surface area (Å²) in [6, 6.07) is 0. The Kier molecular flexibility index (Phi) is 11.0. The summed E-state index contributed by atoms with van der Waals surface area (Å²) in [5.74, 6) is 0. The highest BCUT2D eigenvalue weighted by molar-refractivity contribution is 6.51. The normalized spacial score (nSPS) is 12.0. The molecule has 0 aromatic heterocycles. The van der Waals surface area contributed by atoms with Crippen molar-refractivity contribution < 1.29 is 33.2 Å². The van der Waals surface area contributed by atoms with Crippen LogP contribution in [0.3, 0.4) is 0 Å². The van der Waals surface area contributed by atoms with Crippen LogP contribution in [0, 0.1) is 0 Å². The Morgan fingerprint density at radius 2 is 1.00 bits per heavy atom. The summed E-state index contributed by atoms with van der Waals surface area (Å²) in [5, 5.41) is 0. The van der Waals surface area contributed by atoms with Crippen LogP contribution in [0.25, 0.3) is 0 Å². The van der Waals surface area contributed by atoms with Crippen molar-refractivity contribution in [3.63, 3.8) is 0 Å². The zero-order valence-corrected chi connectivity index (χ0v) is 11.6.